The van der Waals surface area contributed by atoms with Gasteiger partial charge in [0.25, 0.3) is 10.0 Å². The van der Waals surface area contributed by atoms with E-state index in [1.54, 1.807) is 62.4 Å². The van der Waals surface area contributed by atoms with Gasteiger partial charge in [-0.25, -0.2) is 13.2 Å². The Hall–Kier alpha value is -2.83. The second-order valence-electron chi connectivity index (χ2n) is 6.98. The van der Waals surface area contributed by atoms with Crippen LogP contribution in [0.1, 0.15) is 16.7 Å². The molecule has 0 atom stereocenters. The lowest BCUT2D eigenvalue weighted by molar-refractivity contribution is 0.253. The van der Waals surface area contributed by atoms with Gasteiger partial charge in [0.1, 0.15) is 4.90 Å². The largest absolute Gasteiger partial charge is 0.343 e. The Balaban J connectivity index is 1.92. The molecule has 2 amide bonds. The van der Waals surface area contributed by atoms with E-state index in [1.807, 2.05) is 12.1 Å². The van der Waals surface area contributed by atoms with Crippen LogP contribution < -0.4 is 9.21 Å². The van der Waals surface area contributed by atoms with Crippen LogP contribution in [0.25, 0.3) is 0 Å². The fraction of sp³-hybridized carbons (Fsp3) is 0.136. The first-order valence-corrected chi connectivity index (χ1v) is 10.9. The van der Waals surface area contributed by atoms with Crippen LogP contribution in [0.4, 0.5) is 16.2 Å². The maximum atomic E-state index is 13.5. The molecule has 7 heteroatoms. The molecule has 148 valence electrons. The van der Waals surface area contributed by atoms with Crippen molar-refractivity contribution in [1.29, 1.82) is 0 Å². The lowest BCUT2D eigenvalue weighted by Crippen LogP contribution is -2.51. The third-order valence-electron chi connectivity index (χ3n) is 4.95. The summed E-state index contributed by atoms with van der Waals surface area (Å²) in [5.41, 5.74) is 2.98. The van der Waals surface area contributed by atoms with E-state index < -0.39 is 16.1 Å². The fourth-order valence-corrected chi connectivity index (χ4v) is 5.56. The number of rotatable bonds is 3. The Morgan fingerprint density at radius 1 is 0.897 bits per heavy atom. The SMILES string of the molecule is Cc1cccc(C)c1N1C(=O)N(Cc2cccc(Cl)c2)c2ccccc2S1(=O)=O. The third kappa shape index (κ3) is 3.28. The molecule has 0 saturated heterocycles. The van der Waals surface area contributed by atoms with Crippen LogP contribution in [-0.2, 0) is 16.6 Å². The molecule has 0 spiro atoms. The highest BCUT2D eigenvalue weighted by molar-refractivity contribution is 7.94. The summed E-state index contributed by atoms with van der Waals surface area (Å²) < 4.78 is 27.8. The van der Waals surface area contributed by atoms with Crippen LogP contribution in [0.15, 0.2) is 71.6 Å². The van der Waals surface area contributed by atoms with Gasteiger partial charge in [0.15, 0.2) is 0 Å². The highest BCUT2D eigenvalue weighted by atomic mass is 35.5. The van der Waals surface area contributed by atoms with Gasteiger partial charge in [0, 0.05) is 5.02 Å². The quantitative estimate of drug-likeness (QED) is 0.571. The zero-order valence-electron chi connectivity index (χ0n) is 16.0. The standard InChI is InChI=1S/C22H19ClN2O3S/c1-15-7-5-8-16(2)21(15)25-22(26)24(14-17-9-6-10-18(23)13-17)19-11-3-4-12-20(19)29(25,27)28/h3-13H,14H2,1-2H3. The minimum absolute atomic E-state index is 0.101. The monoisotopic (exact) mass is 426 g/mol. The predicted molar refractivity (Wildman–Crippen MR) is 115 cm³/mol. The molecule has 5 nitrogen and oxygen atoms in total. The van der Waals surface area contributed by atoms with E-state index in [1.165, 1.54) is 11.0 Å². The molecule has 29 heavy (non-hydrogen) atoms. The fourth-order valence-electron chi connectivity index (χ4n) is 3.62. The number of urea groups is 1. The minimum Gasteiger partial charge on any atom is -0.287 e. The molecule has 1 aliphatic rings. The number of amides is 2. The first-order valence-electron chi connectivity index (χ1n) is 9.07. The zero-order valence-corrected chi connectivity index (χ0v) is 17.5. The van der Waals surface area contributed by atoms with Gasteiger partial charge in [-0.1, -0.05) is 54.1 Å². The van der Waals surface area contributed by atoms with Crippen molar-refractivity contribution in [3.63, 3.8) is 0 Å². The van der Waals surface area contributed by atoms with E-state index in [4.69, 9.17) is 11.6 Å². The van der Waals surface area contributed by atoms with Gasteiger partial charge in [-0.3, -0.25) is 4.90 Å². The van der Waals surface area contributed by atoms with E-state index in [-0.39, 0.29) is 11.4 Å². The summed E-state index contributed by atoms with van der Waals surface area (Å²) in [6.07, 6.45) is 0. The van der Waals surface area contributed by atoms with Gasteiger partial charge in [-0.05, 0) is 54.8 Å². The number of carbonyl (C=O) groups excluding carboxylic acids is 1. The smallest absolute Gasteiger partial charge is 0.287 e. The number of aryl methyl sites for hydroxylation is 2. The molecule has 1 heterocycles. The van der Waals surface area contributed by atoms with Crippen molar-refractivity contribution in [2.24, 2.45) is 0 Å². The van der Waals surface area contributed by atoms with E-state index in [0.717, 1.165) is 9.87 Å². The van der Waals surface area contributed by atoms with E-state index in [2.05, 4.69) is 0 Å². The average Bonchev–Trinajstić information content (AvgIpc) is 2.68. The second-order valence-corrected chi connectivity index (χ2v) is 9.17. The van der Waals surface area contributed by atoms with Crippen LogP contribution in [0.3, 0.4) is 0 Å². The topological polar surface area (TPSA) is 57.7 Å². The van der Waals surface area contributed by atoms with Gasteiger partial charge < -0.3 is 0 Å². The van der Waals surface area contributed by atoms with Crippen LogP contribution in [0, 0.1) is 13.8 Å². The summed E-state index contributed by atoms with van der Waals surface area (Å²) in [7, 11) is -4.05. The third-order valence-corrected chi connectivity index (χ3v) is 6.91. The number of para-hydroxylation sites is 2. The predicted octanol–water partition coefficient (Wildman–Crippen LogP) is 5.29. The number of anilines is 2. The Labute approximate surface area is 175 Å². The summed E-state index contributed by atoms with van der Waals surface area (Å²) in [5, 5.41) is 0.555. The van der Waals surface area contributed by atoms with Crippen LogP contribution >= 0.6 is 11.6 Å². The summed E-state index contributed by atoms with van der Waals surface area (Å²) >= 11 is 6.10. The normalized spacial score (nSPS) is 15.3. The first kappa shape index (κ1) is 19.5. The number of halogens is 1. The lowest BCUT2D eigenvalue weighted by atomic mass is 10.1. The van der Waals surface area contributed by atoms with Crippen molar-refractivity contribution < 1.29 is 13.2 Å². The molecule has 0 radical (unpaired) electrons. The molecule has 0 bridgehead atoms. The lowest BCUT2D eigenvalue weighted by Gasteiger charge is -2.37. The molecule has 0 aliphatic carbocycles. The molecule has 0 N–H and O–H groups in total. The number of hydrogen-bond acceptors (Lipinski definition) is 3. The minimum atomic E-state index is -4.05. The van der Waals surface area contributed by atoms with Crippen LogP contribution in [0.5, 0.6) is 0 Å². The van der Waals surface area contributed by atoms with Crippen molar-refractivity contribution in [2.75, 3.05) is 9.21 Å². The highest BCUT2D eigenvalue weighted by Crippen LogP contribution is 2.40. The molecule has 1 aliphatic heterocycles. The summed E-state index contributed by atoms with van der Waals surface area (Å²) in [6.45, 7) is 3.80. The zero-order chi connectivity index (χ0) is 20.8. The van der Waals surface area contributed by atoms with Crippen LogP contribution in [0.2, 0.25) is 5.02 Å². The Kier molecular flexibility index (Phi) is 4.84. The Morgan fingerprint density at radius 3 is 2.24 bits per heavy atom. The van der Waals surface area contributed by atoms with Crippen molar-refractivity contribution >= 4 is 39.0 Å². The van der Waals surface area contributed by atoms with Gasteiger partial charge in [-0.15, -0.1) is 0 Å². The van der Waals surface area contributed by atoms with Crippen molar-refractivity contribution in [1.82, 2.24) is 0 Å². The molecule has 3 aromatic rings. The number of nitrogens with zero attached hydrogens (tertiary/aromatic N) is 2. The molecule has 0 unspecified atom stereocenters. The highest BCUT2D eigenvalue weighted by Gasteiger charge is 2.43. The van der Waals surface area contributed by atoms with Gasteiger partial charge in [0.05, 0.1) is 17.9 Å². The molecule has 0 saturated carbocycles. The van der Waals surface area contributed by atoms with Crippen molar-refractivity contribution in [2.45, 2.75) is 25.3 Å². The molecular weight excluding hydrogens is 408 g/mol. The van der Waals surface area contributed by atoms with Gasteiger partial charge in [0.2, 0.25) is 0 Å². The first-order chi connectivity index (χ1) is 13.8. The van der Waals surface area contributed by atoms with Gasteiger partial charge in [-0.2, -0.15) is 4.31 Å². The Morgan fingerprint density at radius 2 is 1.55 bits per heavy atom. The summed E-state index contributed by atoms with van der Waals surface area (Å²) in [6, 6.07) is 18.6. The summed E-state index contributed by atoms with van der Waals surface area (Å²) in [4.78, 5) is 15.1. The maximum absolute atomic E-state index is 13.5. The molecular formula is C22H19ClN2O3S. The Bertz CT molecular complexity index is 1200. The van der Waals surface area contributed by atoms with E-state index in [9.17, 15) is 13.2 Å². The number of benzene rings is 3. The average molecular weight is 427 g/mol. The summed E-state index contributed by atoms with van der Waals surface area (Å²) in [5.74, 6) is 0. The van der Waals surface area contributed by atoms with Crippen LogP contribution in [-0.4, -0.2) is 14.4 Å². The molecule has 0 fully saturated rings. The molecule has 0 aromatic heterocycles. The maximum Gasteiger partial charge on any atom is 0.343 e. The van der Waals surface area contributed by atoms with Gasteiger partial charge >= 0.3 is 6.03 Å². The van der Waals surface area contributed by atoms with E-state index in [0.29, 0.717) is 27.5 Å². The molecule has 3 aromatic carbocycles. The number of sulfonamides is 1. The van der Waals surface area contributed by atoms with Crippen molar-refractivity contribution in [3.8, 4) is 0 Å². The second kappa shape index (κ2) is 7.21. The van der Waals surface area contributed by atoms with Crippen molar-refractivity contribution in [3.05, 3.63) is 88.4 Å². The number of fused-ring (bicyclic) bond motifs is 1. The van der Waals surface area contributed by atoms with E-state index >= 15 is 0 Å². The number of carbonyl (C=O) groups is 1. The number of hydrogen-bond donors (Lipinski definition) is 0. The molecule has 4 rings (SSSR count).